The van der Waals surface area contributed by atoms with Crippen molar-refractivity contribution in [1.29, 1.82) is 0 Å². The third-order valence-corrected chi connectivity index (χ3v) is 5.88. The summed E-state index contributed by atoms with van der Waals surface area (Å²) >= 11 is 0. The summed E-state index contributed by atoms with van der Waals surface area (Å²) in [4.78, 5) is 2.47. The number of benzene rings is 1. The molecule has 2 heteroatoms. The number of anilines is 1. The molecule has 0 aromatic heterocycles. The minimum absolute atomic E-state index is 0.226. The lowest BCUT2D eigenvalue weighted by Gasteiger charge is -2.54. The Bertz CT molecular complexity index is 508. The molecule has 1 aliphatic carbocycles. The molecule has 1 fully saturated rings. The van der Waals surface area contributed by atoms with E-state index in [1.54, 1.807) is 7.11 Å². The van der Waals surface area contributed by atoms with Crippen molar-refractivity contribution in [3.05, 3.63) is 23.8 Å². The Morgan fingerprint density at radius 2 is 2.00 bits per heavy atom. The first-order valence-electron chi connectivity index (χ1n) is 7.87. The second kappa shape index (κ2) is 4.68. The maximum atomic E-state index is 5.43. The van der Waals surface area contributed by atoms with Gasteiger partial charge >= 0.3 is 0 Å². The smallest absolute Gasteiger partial charge is 0.120 e. The van der Waals surface area contributed by atoms with Crippen LogP contribution in [-0.2, 0) is 0 Å². The van der Waals surface area contributed by atoms with Crippen molar-refractivity contribution < 1.29 is 4.74 Å². The molecule has 0 bridgehead atoms. The lowest BCUT2D eigenvalue weighted by Crippen LogP contribution is -2.54. The van der Waals surface area contributed by atoms with Gasteiger partial charge in [-0.25, -0.2) is 0 Å². The monoisotopic (exact) mass is 273 g/mol. The van der Waals surface area contributed by atoms with Gasteiger partial charge in [0.1, 0.15) is 5.75 Å². The molecule has 1 aromatic carbocycles. The van der Waals surface area contributed by atoms with Gasteiger partial charge < -0.3 is 9.64 Å². The van der Waals surface area contributed by atoms with Gasteiger partial charge in [-0.2, -0.15) is 0 Å². The Morgan fingerprint density at radius 3 is 2.70 bits per heavy atom. The number of hydrogen-bond donors (Lipinski definition) is 0. The molecule has 2 aliphatic rings. The van der Waals surface area contributed by atoms with E-state index in [9.17, 15) is 0 Å². The quantitative estimate of drug-likeness (QED) is 0.750. The first kappa shape index (κ1) is 13.8. The zero-order valence-corrected chi connectivity index (χ0v) is 13.4. The van der Waals surface area contributed by atoms with Gasteiger partial charge in [0.05, 0.1) is 7.11 Å². The highest BCUT2D eigenvalue weighted by molar-refractivity contribution is 5.62. The van der Waals surface area contributed by atoms with E-state index in [0.29, 0.717) is 5.92 Å². The maximum absolute atomic E-state index is 5.43. The molecule has 2 nitrogen and oxygen atoms in total. The van der Waals surface area contributed by atoms with Crippen molar-refractivity contribution in [2.75, 3.05) is 19.1 Å². The number of ether oxygens (including phenoxy) is 1. The molecule has 1 aromatic rings. The SMILES string of the molecule is COc1ccc2c(c1)N(C)C(C)(C)[C@@H]1CC[C@@H](C)C[C@@H]21. The predicted octanol–water partition coefficient (Wildman–Crippen LogP) is 4.44. The van der Waals surface area contributed by atoms with Crippen LogP contribution in [0.25, 0.3) is 0 Å². The summed E-state index contributed by atoms with van der Waals surface area (Å²) < 4.78 is 5.43. The molecule has 20 heavy (non-hydrogen) atoms. The van der Waals surface area contributed by atoms with Crippen LogP contribution in [0.4, 0.5) is 5.69 Å². The number of rotatable bonds is 1. The zero-order valence-electron chi connectivity index (χ0n) is 13.4. The number of hydrogen-bond acceptors (Lipinski definition) is 2. The molecule has 0 unspecified atom stereocenters. The van der Waals surface area contributed by atoms with Crippen molar-refractivity contribution >= 4 is 5.69 Å². The Hall–Kier alpha value is -1.18. The summed E-state index contributed by atoms with van der Waals surface area (Å²) in [5.41, 5.74) is 3.12. The van der Waals surface area contributed by atoms with E-state index in [1.165, 1.54) is 30.5 Å². The summed E-state index contributed by atoms with van der Waals surface area (Å²) in [5.74, 6) is 3.30. The summed E-state index contributed by atoms with van der Waals surface area (Å²) in [5, 5.41) is 0. The summed E-state index contributed by atoms with van der Waals surface area (Å²) in [6.45, 7) is 7.22. The third kappa shape index (κ3) is 1.92. The second-order valence-corrected chi connectivity index (χ2v) is 7.27. The van der Waals surface area contributed by atoms with Crippen LogP contribution in [0.2, 0.25) is 0 Å². The van der Waals surface area contributed by atoms with Crippen molar-refractivity contribution in [1.82, 2.24) is 0 Å². The van der Waals surface area contributed by atoms with Crippen LogP contribution in [0.1, 0.15) is 51.5 Å². The fourth-order valence-corrected chi connectivity index (χ4v) is 4.38. The first-order chi connectivity index (χ1) is 9.45. The van der Waals surface area contributed by atoms with Crippen LogP contribution < -0.4 is 9.64 Å². The average Bonchev–Trinajstić information content (AvgIpc) is 2.44. The van der Waals surface area contributed by atoms with Gasteiger partial charge in [0.25, 0.3) is 0 Å². The molecular formula is C18H27NO. The molecule has 3 atom stereocenters. The molecule has 0 N–H and O–H groups in total. The molecular weight excluding hydrogens is 246 g/mol. The molecule has 0 amide bonds. The average molecular weight is 273 g/mol. The molecule has 1 saturated carbocycles. The van der Waals surface area contributed by atoms with Gasteiger partial charge in [0.15, 0.2) is 0 Å². The normalized spacial score (nSPS) is 31.4. The van der Waals surface area contributed by atoms with Crippen LogP contribution >= 0.6 is 0 Å². The second-order valence-electron chi connectivity index (χ2n) is 7.27. The van der Waals surface area contributed by atoms with Gasteiger partial charge in [-0.15, -0.1) is 0 Å². The lowest BCUT2D eigenvalue weighted by molar-refractivity contribution is 0.157. The van der Waals surface area contributed by atoms with E-state index < -0.39 is 0 Å². The molecule has 0 radical (unpaired) electrons. The standard InChI is InChI=1S/C18H27NO/c1-12-6-9-16-15(10-12)14-8-7-13(20-5)11-17(14)19(4)18(16,2)3/h7-8,11-12,15-16H,6,9-10H2,1-5H3/t12-,15+,16-/m1/s1. The molecule has 0 spiro atoms. The van der Waals surface area contributed by atoms with Crippen LogP contribution in [0.15, 0.2) is 18.2 Å². The van der Waals surface area contributed by atoms with E-state index in [-0.39, 0.29) is 5.54 Å². The largest absolute Gasteiger partial charge is 0.497 e. The number of methoxy groups -OCH3 is 1. The Balaban J connectivity index is 2.11. The van der Waals surface area contributed by atoms with Gasteiger partial charge in [-0.1, -0.05) is 19.4 Å². The van der Waals surface area contributed by atoms with E-state index >= 15 is 0 Å². The van der Waals surface area contributed by atoms with Gasteiger partial charge in [-0.05, 0) is 56.1 Å². The summed E-state index contributed by atoms with van der Waals surface area (Å²) in [6.07, 6.45) is 4.07. The minimum atomic E-state index is 0.226. The molecule has 110 valence electrons. The van der Waals surface area contributed by atoms with Crippen LogP contribution in [0.3, 0.4) is 0 Å². The first-order valence-corrected chi connectivity index (χ1v) is 7.87. The highest BCUT2D eigenvalue weighted by atomic mass is 16.5. The Morgan fingerprint density at radius 1 is 1.25 bits per heavy atom. The van der Waals surface area contributed by atoms with Crippen molar-refractivity contribution in [3.8, 4) is 5.75 Å². The molecule has 0 saturated heterocycles. The number of nitrogens with zero attached hydrogens (tertiary/aromatic N) is 1. The van der Waals surface area contributed by atoms with Crippen LogP contribution in [0, 0.1) is 11.8 Å². The Kier molecular flexibility index (Phi) is 3.23. The van der Waals surface area contributed by atoms with Crippen LogP contribution in [0.5, 0.6) is 5.75 Å². The highest BCUT2D eigenvalue weighted by Crippen LogP contribution is 2.54. The topological polar surface area (TPSA) is 12.5 Å². The minimum Gasteiger partial charge on any atom is -0.497 e. The zero-order chi connectivity index (χ0) is 14.5. The van der Waals surface area contributed by atoms with Crippen molar-refractivity contribution in [2.24, 2.45) is 11.8 Å². The lowest BCUT2D eigenvalue weighted by atomic mass is 9.62. The van der Waals surface area contributed by atoms with E-state index in [2.05, 4.69) is 50.9 Å². The predicted molar refractivity (Wildman–Crippen MR) is 84.7 cm³/mol. The molecule has 1 aliphatic heterocycles. The maximum Gasteiger partial charge on any atom is 0.120 e. The van der Waals surface area contributed by atoms with Gasteiger partial charge in [-0.3, -0.25) is 0 Å². The van der Waals surface area contributed by atoms with E-state index in [0.717, 1.165) is 17.6 Å². The fourth-order valence-electron chi connectivity index (χ4n) is 4.38. The number of fused-ring (bicyclic) bond motifs is 3. The highest BCUT2D eigenvalue weighted by Gasteiger charge is 2.46. The van der Waals surface area contributed by atoms with Crippen molar-refractivity contribution in [3.63, 3.8) is 0 Å². The van der Waals surface area contributed by atoms with Crippen molar-refractivity contribution in [2.45, 2.75) is 51.5 Å². The van der Waals surface area contributed by atoms with Crippen LogP contribution in [-0.4, -0.2) is 19.7 Å². The summed E-state index contributed by atoms with van der Waals surface area (Å²) in [7, 11) is 3.99. The Labute approximate surface area is 123 Å². The molecule has 3 rings (SSSR count). The van der Waals surface area contributed by atoms with Gasteiger partial charge in [0, 0.05) is 24.3 Å². The third-order valence-electron chi connectivity index (χ3n) is 5.88. The van der Waals surface area contributed by atoms with Gasteiger partial charge in [0.2, 0.25) is 0 Å². The fraction of sp³-hybridized carbons (Fsp3) is 0.667. The van der Waals surface area contributed by atoms with E-state index in [4.69, 9.17) is 4.74 Å². The molecule has 1 heterocycles. The van der Waals surface area contributed by atoms with E-state index in [1.807, 2.05) is 0 Å². The summed E-state index contributed by atoms with van der Waals surface area (Å²) in [6, 6.07) is 6.64.